The third-order valence-corrected chi connectivity index (χ3v) is 4.81. The fourth-order valence-electron chi connectivity index (χ4n) is 3.20. The van der Waals surface area contributed by atoms with Crippen molar-refractivity contribution in [3.05, 3.63) is 52.8 Å². The van der Waals surface area contributed by atoms with Crippen LogP contribution in [0, 0.1) is 5.92 Å². The number of benzene rings is 1. The highest BCUT2D eigenvalue weighted by molar-refractivity contribution is 6.30. The van der Waals surface area contributed by atoms with Crippen molar-refractivity contribution in [2.45, 2.75) is 39.3 Å². The van der Waals surface area contributed by atoms with Crippen molar-refractivity contribution in [2.24, 2.45) is 5.92 Å². The van der Waals surface area contributed by atoms with Gasteiger partial charge in [-0.25, -0.2) is 4.68 Å². The Balaban J connectivity index is 1.67. The molecule has 1 aromatic heterocycles. The van der Waals surface area contributed by atoms with Crippen molar-refractivity contribution in [1.82, 2.24) is 14.7 Å². The monoisotopic (exact) mass is 331 g/mol. The van der Waals surface area contributed by atoms with E-state index in [0.717, 1.165) is 30.5 Å². The van der Waals surface area contributed by atoms with Crippen molar-refractivity contribution in [1.29, 1.82) is 0 Å². The van der Waals surface area contributed by atoms with Crippen molar-refractivity contribution < 1.29 is 4.79 Å². The van der Waals surface area contributed by atoms with Gasteiger partial charge in [-0.05, 0) is 17.9 Å². The second-order valence-corrected chi connectivity index (χ2v) is 6.59. The molecule has 0 spiro atoms. The van der Waals surface area contributed by atoms with E-state index in [1.165, 1.54) is 0 Å². The first kappa shape index (κ1) is 16.1. The number of carbonyl (C=O) groups is 1. The van der Waals surface area contributed by atoms with E-state index >= 15 is 0 Å². The van der Waals surface area contributed by atoms with Gasteiger partial charge in [0, 0.05) is 18.5 Å². The summed E-state index contributed by atoms with van der Waals surface area (Å²) in [5.41, 5.74) is 2.08. The molecule has 0 N–H and O–H groups in total. The molecule has 1 saturated heterocycles. The second kappa shape index (κ2) is 7.18. The Labute approximate surface area is 142 Å². The first-order valence-electron chi connectivity index (χ1n) is 8.19. The Morgan fingerprint density at radius 3 is 2.78 bits per heavy atom. The first-order chi connectivity index (χ1) is 11.2. The van der Waals surface area contributed by atoms with E-state index in [-0.39, 0.29) is 5.91 Å². The third kappa shape index (κ3) is 3.75. The van der Waals surface area contributed by atoms with Gasteiger partial charge in [0.2, 0.25) is 5.91 Å². The van der Waals surface area contributed by atoms with E-state index in [1.807, 2.05) is 23.1 Å². The van der Waals surface area contributed by atoms with Gasteiger partial charge in [0.25, 0.3) is 0 Å². The highest BCUT2D eigenvalue weighted by atomic mass is 35.5. The van der Waals surface area contributed by atoms with E-state index in [1.54, 1.807) is 10.9 Å². The smallest absolute Gasteiger partial charge is 0.223 e. The van der Waals surface area contributed by atoms with Gasteiger partial charge in [0.05, 0.1) is 19.3 Å². The minimum absolute atomic E-state index is 0.232. The molecule has 3 rings (SSSR count). The predicted octanol–water partition coefficient (Wildman–Crippen LogP) is 3.73. The molecular formula is C18H22ClN3O. The lowest BCUT2D eigenvalue weighted by Crippen LogP contribution is -2.24. The van der Waals surface area contributed by atoms with Gasteiger partial charge in [-0.2, -0.15) is 5.10 Å². The number of rotatable bonds is 6. The summed E-state index contributed by atoms with van der Waals surface area (Å²) >= 11 is 6.46. The van der Waals surface area contributed by atoms with Gasteiger partial charge in [-0.1, -0.05) is 55.3 Å². The molecule has 2 aromatic rings. The van der Waals surface area contributed by atoms with Crippen molar-refractivity contribution in [2.75, 3.05) is 6.54 Å². The molecule has 23 heavy (non-hydrogen) atoms. The first-order valence-corrected chi connectivity index (χ1v) is 8.57. The highest BCUT2D eigenvalue weighted by Gasteiger charge is 2.29. The molecule has 1 aliphatic heterocycles. The normalized spacial score (nSPS) is 17.9. The molecule has 1 aromatic carbocycles. The van der Waals surface area contributed by atoms with Crippen molar-refractivity contribution in [3.63, 3.8) is 0 Å². The molecule has 1 amide bonds. The van der Waals surface area contributed by atoms with Crippen LogP contribution in [0.4, 0.5) is 0 Å². The SMILES string of the molecule is CCCC1CC(=O)N(Cc2cnn(Cc3ccccc3)c2Cl)C1. The van der Waals surface area contributed by atoms with E-state index in [4.69, 9.17) is 11.6 Å². The minimum Gasteiger partial charge on any atom is -0.338 e. The Morgan fingerprint density at radius 1 is 1.26 bits per heavy atom. The molecule has 1 unspecified atom stereocenters. The molecule has 122 valence electrons. The molecule has 1 aliphatic rings. The summed E-state index contributed by atoms with van der Waals surface area (Å²) in [7, 11) is 0. The lowest BCUT2D eigenvalue weighted by Gasteiger charge is -2.16. The van der Waals surface area contributed by atoms with Crippen molar-refractivity contribution >= 4 is 17.5 Å². The number of amides is 1. The van der Waals surface area contributed by atoms with Gasteiger partial charge >= 0.3 is 0 Å². The van der Waals surface area contributed by atoms with E-state index in [0.29, 0.717) is 30.6 Å². The quantitative estimate of drug-likeness (QED) is 0.808. The summed E-state index contributed by atoms with van der Waals surface area (Å²) in [5, 5.41) is 5.01. The summed E-state index contributed by atoms with van der Waals surface area (Å²) in [5.74, 6) is 0.723. The number of carbonyl (C=O) groups excluding carboxylic acids is 1. The van der Waals surface area contributed by atoms with Gasteiger partial charge in [0.15, 0.2) is 0 Å². The molecule has 4 nitrogen and oxygen atoms in total. The average molecular weight is 332 g/mol. The van der Waals surface area contributed by atoms with Gasteiger partial charge < -0.3 is 4.90 Å². The standard InChI is InChI=1S/C18H22ClN3O/c1-2-6-15-9-17(23)21(11-15)13-16-10-20-22(18(16)19)12-14-7-4-3-5-8-14/h3-5,7-8,10,15H,2,6,9,11-13H2,1H3. The maximum absolute atomic E-state index is 12.1. The summed E-state index contributed by atoms with van der Waals surface area (Å²) in [6, 6.07) is 10.1. The fraction of sp³-hybridized carbons (Fsp3) is 0.444. The van der Waals surface area contributed by atoms with Crippen LogP contribution in [0.1, 0.15) is 37.3 Å². The molecule has 0 radical (unpaired) electrons. The third-order valence-electron chi connectivity index (χ3n) is 4.37. The lowest BCUT2D eigenvalue weighted by atomic mass is 10.0. The average Bonchev–Trinajstić information content (AvgIpc) is 3.06. The van der Waals surface area contributed by atoms with Crippen LogP contribution in [-0.4, -0.2) is 27.1 Å². The summed E-state index contributed by atoms with van der Waals surface area (Å²) in [4.78, 5) is 14.0. The molecule has 0 bridgehead atoms. The Hall–Kier alpha value is -1.81. The molecule has 2 heterocycles. The molecule has 1 atom stereocenters. The molecule has 0 saturated carbocycles. The summed E-state index contributed by atoms with van der Waals surface area (Å²) in [6.07, 6.45) is 4.69. The molecule has 5 heteroatoms. The van der Waals surface area contributed by atoms with Crippen LogP contribution < -0.4 is 0 Å². The molecule has 1 fully saturated rings. The lowest BCUT2D eigenvalue weighted by molar-refractivity contribution is -0.128. The zero-order chi connectivity index (χ0) is 16.2. The van der Waals surface area contributed by atoms with Crippen LogP contribution >= 0.6 is 11.6 Å². The minimum atomic E-state index is 0.232. The number of nitrogens with zero attached hydrogens (tertiary/aromatic N) is 3. The van der Waals surface area contributed by atoms with Crippen LogP contribution in [0.3, 0.4) is 0 Å². The van der Waals surface area contributed by atoms with Gasteiger partial charge in [-0.15, -0.1) is 0 Å². The Bertz CT molecular complexity index is 668. The number of likely N-dealkylation sites (tertiary alicyclic amines) is 1. The van der Waals surface area contributed by atoms with Crippen LogP contribution in [0.5, 0.6) is 0 Å². The van der Waals surface area contributed by atoms with Crippen LogP contribution in [-0.2, 0) is 17.9 Å². The van der Waals surface area contributed by atoms with E-state index in [2.05, 4.69) is 24.2 Å². The topological polar surface area (TPSA) is 38.1 Å². The van der Waals surface area contributed by atoms with Crippen molar-refractivity contribution in [3.8, 4) is 0 Å². The highest BCUT2D eigenvalue weighted by Crippen LogP contribution is 2.26. The molecular weight excluding hydrogens is 310 g/mol. The zero-order valence-corrected chi connectivity index (χ0v) is 14.2. The number of aromatic nitrogens is 2. The Morgan fingerprint density at radius 2 is 2.04 bits per heavy atom. The number of halogens is 1. The van der Waals surface area contributed by atoms with E-state index < -0.39 is 0 Å². The summed E-state index contributed by atoms with van der Waals surface area (Å²) in [6.45, 7) is 4.21. The maximum Gasteiger partial charge on any atom is 0.223 e. The number of hydrogen-bond acceptors (Lipinski definition) is 2. The largest absolute Gasteiger partial charge is 0.338 e. The van der Waals surface area contributed by atoms with E-state index in [9.17, 15) is 4.79 Å². The maximum atomic E-state index is 12.1. The van der Waals surface area contributed by atoms with Crippen LogP contribution in [0.25, 0.3) is 0 Å². The zero-order valence-electron chi connectivity index (χ0n) is 13.4. The fourth-order valence-corrected chi connectivity index (χ4v) is 3.41. The van der Waals surface area contributed by atoms with Crippen LogP contribution in [0.15, 0.2) is 36.5 Å². The number of hydrogen-bond donors (Lipinski definition) is 0. The Kier molecular flexibility index (Phi) is 5.01. The summed E-state index contributed by atoms with van der Waals surface area (Å²) < 4.78 is 1.79. The molecule has 0 aliphatic carbocycles. The predicted molar refractivity (Wildman–Crippen MR) is 91.2 cm³/mol. The second-order valence-electron chi connectivity index (χ2n) is 6.24. The van der Waals surface area contributed by atoms with Gasteiger partial charge in [-0.3, -0.25) is 4.79 Å². The van der Waals surface area contributed by atoms with Gasteiger partial charge in [0.1, 0.15) is 5.15 Å². The van der Waals surface area contributed by atoms with Crippen LogP contribution in [0.2, 0.25) is 5.15 Å².